The van der Waals surface area contributed by atoms with Crippen LogP contribution < -0.4 is 5.32 Å². The molecular weight excluding hydrogens is 188 g/mol. The van der Waals surface area contributed by atoms with Gasteiger partial charge < -0.3 is 4.90 Å². The minimum Gasteiger partial charge on any atom is -0.326 e. The molecule has 1 spiro atoms. The Balaban J connectivity index is 1.98. The predicted octanol–water partition coefficient (Wildman–Crippen LogP) is 1.73. The van der Waals surface area contributed by atoms with Crippen molar-refractivity contribution in [1.29, 1.82) is 0 Å². The molecule has 0 aromatic rings. The fraction of sp³-hybridized carbons (Fsp3) is 0.917. The van der Waals surface area contributed by atoms with Gasteiger partial charge in [-0.25, -0.2) is 0 Å². The van der Waals surface area contributed by atoms with Crippen LogP contribution in [0.2, 0.25) is 0 Å². The normalized spacial score (nSPS) is 28.1. The third-order valence-electron chi connectivity index (χ3n) is 3.57. The molecule has 0 aromatic carbocycles. The molecule has 1 saturated carbocycles. The van der Waals surface area contributed by atoms with E-state index in [1.807, 2.05) is 0 Å². The molecule has 0 aromatic heterocycles. The molecule has 1 N–H and O–H groups in total. The number of amides is 1. The molecule has 3 heteroatoms. The Morgan fingerprint density at radius 3 is 2.67 bits per heavy atom. The van der Waals surface area contributed by atoms with E-state index in [-0.39, 0.29) is 5.54 Å². The van der Waals surface area contributed by atoms with Crippen LogP contribution >= 0.6 is 0 Å². The van der Waals surface area contributed by atoms with Crippen molar-refractivity contribution in [3.8, 4) is 0 Å². The highest BCUT2D eigenvalue weighted by Gasteiger charge is 2.58. The largest absolute Gasteiger partial charge is 0.326 e. The fourth-order valence-electron chi connectivity index (χ4n) is 2.34. The van der Waals surface area contributed by atoms with Gasteiger partial charge in [-0.1, -0.05) is 20.8 Å². The highest BCUT2D eigenvalue weighted by atomic mass is 16.2. The average molecular weight is 210 g/mol. The van der Waals surface area contributed by atoms with Gasteiger partial charge in [0.15, 0.2) is 0 Å². The summed E-state index contributed by atoms with van der Waals surface area (Å²) in [5.74, 6) is 1.03. The Kier molecular flexibility index (Phi) is 2.75. The van der Waals surface area contributed by atoms with Crippen LogP contribution in [0, 0.1) is 5.92 Å². The van der Waals surface area contributed by atoms with E-state index in [0.717, 1.165) is 32.2 Å². The molecule has 2 rings (SSSR count). The number of hydrogen-bond donors (Lipinski definition) is 1. The zero-order valence-corrected chi connectivity index (χ0v) is 10.0. The first-order chi connectivity index (χ1) is 7.09. The molecule has 0 radical (unpaired) electrons. The summed E-state index contributed by atoms with van der Waals surface area (Å²) in [6.45, 7) is 7.49. The smallest absolute Gasteiger partial charge is 0.244 e. The first kappa shape index (κ1) is 10.9. The van der Waals surface area contributed by atoms with E-state index < -0.39 is 0 Å². The summed E-state index contributed by atoms with van der Waals surface area (Å²) in [5, 5.41) is 3.49. The number of nitrogens with zero attached hydrogens (tertiary/aromatic N) is 1. The Hall–Kier alpha value is -0.570. The molecular formula is C12H22N2O. The van der Waals surface area contributed by atoms with Crippen LogP contribution in [0.4, 0.5) is 0 Å². The molecule has 1 amide bonds. The van der Waals surface area contributed by atoms with Gasteiger partial charge in [0.1, 0.15) is 0 Å². The van der Waals surface area contributed by atoms with E-state index in [0.29, 0.717) is 18.0 Å². The summed E-state index contributed by atoms with van der Waals surface area (Å²) in [7, 11) is 0. The maximum absolute atomic E-state index is 12.1. The van der Waals surface area contributed by atoms with Crippen LogP contribution in [-0.2, 0) is 4.79 Å². The van der Waals surface area contributed by atoms with Gasteiger partial charge in [-0.05, 0) is 31.6 Å². The summed E-state index contributed by atoms with van der Waals surface area (Å²) in [6, 6.07) is 0. The van der Waals surface area contributed by atoms with Crippen molar-refractivity contribution in [3.63, 3.8) is 0 Å². The third-order valence-corrected chi connectivity index (χ3v) is 3.57. The number of rotatable bonds is 4. The zero-order valence-electron chi connectivity index (χ0n) is 10.0. The van der Waals surface area contributed by atoms with E-state index in [4.69, 9.17) is 0 Å². The number of carbonyl (C=O) groups excluding carboxylic acids is 1. The molecule has 2 aliphatic rings. The van der Waals surface area contributed by atoms with Gasteiger partial charge in [-0.15, -0.1) is 0 Å². The van der Waals surface area contributed by atoms with Crippen molar-refractivity contribution >= 4 is 5.91 Å². The molecule has 1 heterocycles. The van der Waals surface area contributed by atoms with Gasteiger partial charge in [-0.2, -0.15) is 0 Å². The molecule has 3 nitrogen and oxygen atoms in total. The monoisotopic (exact) mass is 210 g/mol. The topological polar surface area (TPSA) is 32.3 Å². The highest BCUT2D eigenvalue weighted by Crippen LogP contribution is 2.42. The molecule has 0 bridgehead atoms. The first-order valence-electron chi connectivity index (χ1n) is 6.18. The molecule has 1 atom stereocenters. The lowest BCUT2D eigenvalue weighted by Crippen LogP contribution is -2.37. The molecule has 1 aliphatic heterocycles. The minimum absolute atomic E-state index is 0.127. The summed E-state index contributed by atoms with van der Waals surface area (Å²) < 4.78 is 0. The van der Waals surface area contributed by atoms with Crippen molar-refractivity contribution in [2.45, 2.75) is 58.2 Å². The van der Waals surface area contributed by atoms with E-state index >= 15 is 0 Å². The van der Waals surface area contributed by atoms with Crippen LogP contribution in [0.1, 0.15) is 46.5 Å². The van der Waals surface area contributed by atoms with Crippen LogP contribution in [0.15, 0.2) is 0 Å². The lowest BCUT2D eigenvalue weighted by Gasteiger charge is -2.23. The van der Waals surface area contributed by atoms with Crippen LogP contribution in [0.3, 0.4) is 0 Å². The van der Waals surface area contributed by atoms with Crippen molar-refractivity contribution in [3.05, 3.63) is 0 Å². The van der Waals surface area contributed by atoms with Crippen LogP contribution in [0.25, 0.3) is 0 Å². The number of carbonyl (C=O) groups is 1. The summed E-state index contributed by atoms with van der Waals surface area (Å²) in [5.41, 5.74) is -0.127. The number of hydrogen-bond acceptors (Lipinski definition) is 2. The van der Waals surface area contributed by atoms with Crippen LogP contribution in [-0.4, -0.2) is 29.1 Å². The average Bonchev–Trinajstić information content (AvgIpc) is 2.90. The summed E-state index contributed by atoms with van der Waals surface area (Å²) in [6.07, 6.45) is 4.51. The van der Waals surface area contributed by atoms with Gasteiger partial charge in [0.05, 0.1) is 11.7 Å². The molecule has 1 saturated heterocycles. The molecule has 86 valence electrons. The Morgan fingerprint density at radius 2 is 2.20 bits per heavy atom. The maximum Gasteiger partial charge on any atom is 0.244 e. The third kappa shape index (κ3) is 1.89. The van der Waals surface area contributed by atoms with Gasteiger partial charge in [0, 0.05) is 6.54 Å². The van der Waals surface area contributed by atoms with E-state index in [1.54, 1.807) is 0 Å². The van der Waals surface area contributed by atoms with Crippen molar-refractivity contribution in [2.24, 2.45) is 5.92 Å². The first-order valence-corrected chi connectivity index (χ1v) is 6.18. The summed E-state index contributed by atoms with van der Waals surface area (Å²) in [4.78, 5) is 14.2. The second-order valence-electron chi connectivity index (χ2n) is 5.33. The second kappa shape index (κ2) is 3.78. The Labute approximate surface area is 92.2 Å². The molecule has 1 aliphatic carbocycles. The highest BCUT2D eigenvalue weighted by molar-refractivity contribution is 5.91. The molecule has 1 unspecified atom stereocenters. The van der Waals surface area contributed by atoms with E-state index in [2.05, 4.69) is 31.0 Å². The second-order valence-corrected chi connectivity index (χ2v) is 5.33. The standard InChI is InChI=1S/C12H22N2O/c1-4-10-13-12(6-7-12)11(15)14(10)8-5-9(2)3/h9-10,13H,4-8H2,1-3H3. The van der Waals surface area contributed by atoms with E-state index in [1.165, 1.54) is 0 Å². The Morgan fingerprint density at radius 1 is 1.53 bits per heavy atom. The van der Waals surface area contributed by atoms with Gasteiger partial charge >= 0.3 is 0 Å². The van der Waals surface area contributed by atoms with Crippen molar-refractivity contribution < 1.29 is 4.79 Å². The van der Waals surface area contributed by atoms with Gasteiger partial charge in [0.2, 0.25) is 5.91 Å². The lowest BCUT2D eigenvalue weighted by molar-refractivity contribution is -0.130. The minimum atomic E-state index is -0.127. The SMILES string of the molecule is CCC1NC2(CC2)C(=O)N1CCC(C)C. The lowest BCUT2D eigenvalue weighted by atomic mass is 10.1. The van der Waals surface area contributed by atoms with Gasteiger partial charge in [0.25, 0.3) is 0 Å². The van der Waals surface area contributed by atoms with Crippen molar-refractivity contribution in [2.75, 3.05) is 6.54 Å². The van der Waals surface area contributed by atoms with Crippen LogP contribution in [0.5, 0.6) is 0 Å². The fourth-order valence-corrected chi connectivity index (χ4v) is 2.34. The summed E-state index contributed by atoms with van der Waals surface area (Å²) >= 11 is 0. The maximum atomic E-state index is 12.1. The zero-order chi connectivity index (χ0) is 11.1. The van der Waals surface area contributed by atoms with Crippen molar-refractivity contribution in [1.82, 2.24) is 10.2 Å². The quantitative estimate of drug-likeness (QED) is 0.766. The molecule has 15 heavy (non-hydrogen) atoms. The Bertz CT molecular complexity index is 258. The van der Waals surface area contributed by atoms with E-state index in [9.17, 15) is 4.79 Å². The molecule has 2 fully saturated rings. The number of nitrogens with one attached hydrogen (secondary N) is 1. The predicted molar refractivity (Wildman–Crippen MR) is 60.3 cm³/mol. The van der Waals surface area contributed by atoms with Gasteiger partial charge in [-0.3, -0.25) is 10.1 Å².